The molecule has 1 aromatic rings. The van der Waals surface area contributed by atoms with Crippen molar-refractivity contribution >= 4 is 17.5 Å². The van der Waals surface area contributed by atoms with Gasteiger partial charge in [0.25, 0.3) is 5.91 Å². The van der Waals surface area contributed by atoms with Crippen LogP contribution in [0.3, 0.4) is 0 Å². The van der Waals surface area contributed by atoms with Gasteiger partial charge in [-0.3, -0.25) is 19.4 Å². The first-order valence-corrected chi connectivity index (χ1v) is 6.36. The average Bonchev–Trinajstić information content (AvgIpc) is 2.64. The molecule has 2 heterocycles. The van der Waals surface area contributed by atoms with Gasteiger partial charge in [-0.05, 0) is 25.5 Å². The minimum atomic E-state index is -1.02. The normalized spacial score (nSPS) is 24.1. The lowest BCUT2D eigenvalue weighted by atomic mass is 9.90. The van der Waals surface area contributed by atoms with Crippen LogP contribution in [0.4, 0.5) is 0 Å². The van der Waals surface area contributed by atoms with Crippen LogP contribution in [0.1, 0.15) is 25.5 Å². The Morgan fingerprint density at radius 2 is 2.20 bits per heavy atom. The molecule has 6 nitrogen and oxygen atoms in total. The Balaban J connectivity index is 2.46. The molecule has 0 saturated carbocycles. The summed E-state index contributed by atoms with van der Waals surface area (Å²) >= 11 is 0. The Bertz CT molecular complexity index is 541. The van der Waals surface area contributed by atoms with Crippen LogP contribution in [-0.2, 0) is 14.4 Å². The molecule has 106 valence electrons. The molecule has 0 aromatic carbocycles. The Hall–Kier alpha value is -2.08. The summed E-state index contributed by atoms with van der Waals surface area (Å²) in [5, 5.41) is 9.50. The van der Waals surface area contributed by atoms with Gasteiger partial charge in [0.2, 0.25) is 5.78 Å². The van der Waals surface area contributed by atoms with Crippen LogP contribution in [0.2, 0.25) is 0 Å². The number of carbonyl (C=O) groups excluding carboxylic acids is 3. The van der Waals surface area contributed by atoms with E-state index in [0.29, 0.717) is 5.56 Å². The van der Waals surface area contributed by atoms with Crippen molar-refractivity contribution in [3.63, 3.8) is 0 Å². The van der Waals surface area contributed by atoms with Gasteiger partial charge in [-0.2, -0.15) is 0 Å². The maximum absolute atomic E-state index is 12.0. The smallest absolute Gasteiger partial charge is 0.291 e. The Morgan fingerprint density at radius 1 is 1.50 bits per heavy atom. The Kier molecular flexibility index (Phi) is 3.94. The third-order valence-corrected chi connectivity index (χ3v) is 3.33. The van der Waals surface area contributed by atoms with Crippen molar-refractivity contribution in [2.75, 3.05) is 6.54 Å². The zero-order valence-corrected chi connectivity index (χ0v) is 11.3. The number of hydrogen-bond donors (Lipinski definition) is 1. The molecule has 1 aliphatic rings. The molecule has 1 fully saturated rings. The SMILES string of the molecule is CC(=O)C1C(=O)C(=O)N(CC(C)O)C1c1cccnc1. The summed E-state index contributed by atoms with van der Waals surface area (Å²) in [6, 6.07) is 2.71. The first-order chi connectivity index (χ1) is 9.43. The number of β-amino-alcohol motifs (C(OH)–C–C–N with tert-alkyl or cyclic N) is 1. The van der Waals surface area contributed by atoms with Crippen LogP contribution in [0.5, 0.6) is 0 Å². The van der Waals surface area contributed by atoms with E-state index < -0.39 is 29.8 Å². The average molecular weight is 276 g/mol. The standard InChI is InChI=1S/C14H16N2O4/c1-8(17)7-16-12(10-4-3-5-15-6-10)11(9(2)18)13(19)14(16)20/h3-6,8,11-12,17H,7H2,1-2H3. The zero-order valence-electron chi connectivity index (χ0n) is 11.3. The Morgan fingerprint density at radius 3 is 2.70 bits per heavy atom. The molecule has 3 unspecified atom stereocenters. The van der Waals surface area contributed by atoms with Gasteiger partial charge in [0.1, 0.15) is 11.7 Å². The van der Waals surface area contributed by atoms with Crippen molar-refractivity contribution in [1.29, 1.82) is 0 Å². The summed E-state index contributed by atoms with van der Waals surface area (Å²) in [6.07, 6.45) is 2.32. The lowest BCUT2D eigenvalue weighted by Crippen LogP contribution is -2.36. The van der Waals surface area contributed by atoms with Crippen molar-refractivity contribution in [2.45, 2.75) is 26.0 Å². The lowest BCUT2D eigenvalue weighted by Gasteiger charge is -2.27. The number of aromatic nitrogens is 1. The van der Waals surface area contributed by atoms with E-state index in [4.69, 9.17) is 0 Å². The van der Waals surface area contributed by atoms with Gasteiger partial charge >= 0.3 is 0 Å². The maximum Gasteiger partial charge on any atom is 0.291 e. The minimum Gasteiger partial charge on any atom is -0.392 e. The quantitative estimate of drug-likeness (QED) is 0.623. The van der Waals surface area contributed by atoms with E-state index in [2.05, 4.69) is 4.98 Å². The molecule has 1 N–H and O–H groups in total. The minimum absolute atomic E-state index is 0.00785. The first kappa shape index (κ1) is 14.3. The molecule has 0 bridgehead atoms. The topological polar surface area (TPSA) is 87.6 Å². The van der Waals surface area contributed by atoms with Crippen molar-refractivity contribution in [3.05, 3.63) is 30.1 Å². The lowest BCUT2D eigenvalue weighted by molar-refractivity contribution is -0.142. The number of ketones is 2. The number of hydrogen-bond acceptors (Lipinski definition) is 5. The number of amides is 1. The van der Waals surface area contributed by atoms with Crippen LogP contribution in [0.15, 0.2) is 24.5 Å². The van der Waals surface area contributed by atoms with Gasteiger partial charge in [0, 0.05) is 18.9 Å². The largest absolute Gasteiger partial charge is 0.392 e. The molecule has 0 aliphatic carbocycles. The van der Waals surface area contributed by atoms with E-state index in [1.807, 2.05) is 0 Å². The Labute approximate surface area is 116 Å². The highest BCUT2D eigenvalue weighted by Crippen LogP contribution is 2.36. The van der Waals surface area contributed by atoms with Crippen molar-refractivity contribution in [2.24, 2.45) is 5.92 Å². The van der Waals surface area contributed by atoms with Gasteiger partial charge in [0.05, 0.1) is 12.1 Å². The molecule has 20 heavy (non-hydrogen) atoms. The van der Waals surface area contributed by atoms with Gasteiger partial charge in [-0.25, -0.2) is 0 Å². The molecule has 1 amide bonds. The third kappa shape index (κ3) is 2.46. The van der Waals surface area contributed by atoms with E-state index in [0.717, 1.165) is 0 Å². The first-order valence-electron chi connectivity index (χ1n) is 6.36. The predicted molar refractivity (Wildman–Crippen MR) is 69.5 cm³/mol. The van der Waals surface area contributed by atoms with E-state index in [9.17, 15) is 19.5 Å². The molecule has 1 saturated heterocycles. The highest BCUT2D eigenvalue weighted by atomic mass is 16.3. The van der Waals surface area contributed by atoms with E-state index in [1.54, 1.807) is 18.3 Å². The van der Waals surface area contributed by atoms with Crippen LogP contribution in [0, 0.1) is 5.92 Å². The fraction of sp³-hybridized carbons (Fsp3) is 0.429. The highest BCUT2D eigenvalue weighted by Gasteiger charge is 2.50. The van der Waals surface area contributed by atoms with Gasteiger partial charge in [0.15, 0.2) is 0 Å². The number of Topliss-reactive ketones (excluding diaryl/α,β-unsaturated/α-hetero) is 2. The molecule has 6 heteroatoms. The third-order valence-electron chi connectivity index (χ3n) is 3.33. The van der Waals surface area contributed by atoms with Crippen molar-refractivity contribution in [3.8, 4) is 0 Å². The molecule has 3 atom stereocenters. The molecule has 2 rings (SSSR count). The predicted octanol–water partition coefficient (Wildman–Crippen LogP) is 0.120. The number of aliphatic hydroxyl groups is 1. The van der Waals surface area contributed by atoms with Gasteiger partial charge in [-0.15, -0.1) is 0 Å². The van der Waals surface area contributed by atoms with Crippen molar-refractivity contribution in [1.82, 2.24) is 9.88 Å². The van der Waals surface area contributed by atoms with Crippen LogP contribution in [0.25, 0.3) is 0 Å². The highest BCUT2D eigenvalue weighted by molar-refractivity contribution is 6.42. The number of likely N-dealkylation sites (tertiary alicyclic amines) is 1. The van der Waals surface area contributed by atoms with Crippen LogP contribution >= 0.6 is 0 Å². The second kappa shape index (κ2) is 5.50. The molecule has 0 radical (unpaired) electrons. The molecular formula is C14H16N2O4. The second-order valence-corrected chi connectivity index (χ2v) is 4.99. The summed E-state index contributed by atoms with van der Waals surface area (Å²) in [6.45, 7) is 2.83. The number of nitrogens with zero attached hydrogens (tertiary/aromatic N) is 2. The van der Waals surface area contributed by atoms with Crippen LogP contribution in [-0.4, -0.2) is 45.1 Å². The molecule has 1 aromatic heterocycles. The number of aliphatic hydroxyl groups excluding tert-OH is 1. The molecule has 1 aliphatic heterocycles. The van der Waals surface area contributed by atoms with Gasteiger partial charge in [-0.1, -0.05) is 6.07 Å². The van der Waals surface area contributed by atoms with Crippen LogP contribution < -0.4 is 0 Å². The fourth-order valence-electron chi connectivity index (χ4n) is 2.54. The summed E-state index contributed by atoms with van der Waals surface area (Å²) in [4.78, 5) is 41.0. The monoisotopic (exact) mass is 276 g/mol. The fourth-order valence-corrected chi connectivity index (χ4v) is 2.54. The van der Waals surface area contributed by atoms with Gasteiger partial charge < -0.3 is 10.0 Å². The molecular weight excluding hydrogens is 260 g/mol. The summed E-state index contributed by atoms with van der Waals surface area (Å²) < 4.78 is 0. The van der Waals surface area contributed by atoms with E-state index in [1.165, 1.54) is 24.9 Å². The number of pyridine rings is 1. The number of carbonyl (C=O) groups is 3. The summed E-state index contributed by atoms with van der Waals surface area (Å²) in [7, 11) is 0. The summed E-state index contributed by atoms with van der Waals surface area (Å²) in [5.74, 6) is -2.82. The van der Waals surface area contributed by atoms with E-state index >= 15 is 0 Å². The van der Waals surface area contributed by atoms with E-state index in [-0.39, 0.29) is 12.3 Å². The summed E-state index contributed by atoms with van der Waals surface area (Å²) in [5.41, 5.74) is 0.618. The maximum atomic E-state index is 12.0. The zero-order chi connectivity index (χ0) is 14.9. The second-order valence-electron chi connectivity index (χ2n) is 4.99. The number of rotatable bonds is 4. The van der Waals surface area contributed by atoms with Crippen molar-refractivity contribution < 1.29 is 19.5 Å². The molecule has 0 spiro atoms.